The van der Waals surface area contributed by atoms with E-state index in [1.165, 1.54) is 11.3 Å². The molecule has 8 nitrogen and oxygen atoms in total. The molecule has 26 heavy (non-hydrogen) atoms. The number of carbonyl (C=O) groups is 1. The molecule has 146 valence electrons. The van der Waals surface area contributed by atoms with E-state index < -0.39 is 5.60 Å². The topological polar surface area (TPSA) is 89.0 Å². The number of amides is 1. The third-order valence-corrected chi connectivity index (χ3v) is 4.55. The number of hydrogen-bond acceptors (Lipinski definition) is 4. The summed E-state index contributed by atoms with van der Waals surface area (Å²) < 4.78 is 7.31. The fourth-order valence-corrected chi connectivity index (χ4v) is 3.01. The first-order valence-corrected chi connectivity index (χ1v) is 9.10. The maximum Gasteiger partial charge on any atom is 0.410 e. The molecule has 1 amide bonds. The van der Waals surface area contributed by atoms with Gasteiger partial charge in [0.2, 0.25) is 0 Å². The van der Waals surface area contributed by atoms with Crippen molar-refractivity contribution in [2.45, 2.75) is 46.6 Å². The molecule has 0 aliphatic carbocycles. The van der Waals surface area contributed by atoms with Crippen LogP contribution < -0.4 is 5.73 Å². The number of rotatable bonds is 3. The van der Waals surface area contributed by atoms with Gasteiger partial charge in [-0.2, -0.15) is 5.10 Å². The second-order valence-electron chi connectivity index (χ2n) is 7.72. The average molecular weight is 364 g/mol. The summed E-state index contributed by atoms with van der Waals surface area (Å²) >= 11 is 0. The van der Waals surface area contributed by atoms with Crippen LogP contribution in [0.2, 0.25) is 0 Å². The van der Waals surface area contributed by atoms with Crippen LogP contribution in [0, 0.1) is 13.8 Å². The largest absolute Gasteiger partial charge is 0.444 e. The van der Waals surface area contributed by atoms with Crippen molar-refractivity contribution in [2.24, 2.45) is 17.8 Å². The van der Waals surface area contributed by atoms with Gasteiger partial charge in [-0.25, -0.2) is 4.79 Å². The second kappa shape index (κ2) is 7.97. The first-order valence-electron chi connectivity index (χ1n) is 9.10. The van der Waals surface area contributed by atoms with Gasteiger partial charge < -0.3 is 20.3 Å². The van der Waals surface area contributed by atoms with Crippen molar-refractivity contribution in [3.05, 3.63) is 17.0 Å². The van der Waals surface area contributed by atoms with E-state index in [-0.39, 0.29) is 6.09 Å². The van der Waals surface area contributed by atoms with Crippen molar-refractivity contribution in [1.82, 2.24) is 19.6 Å². The Balaban J connectivity index is 1.83. The van der Waals surface area contributed by atoms with Crippen LogP contribution in [0.3, 0.4) is 0 Å². The highest BCUT2D eigenvalue weighted by Crippen LogP contribution is 2.13. The molecule has 0 unspecified atom stereocenters. The van der Waals surface area contributed by atoms with E-state index in [1.807, 2.05) is 44.3 Å². The number of carbonyl (C=O) groups excluding carboxylic acids is 1. The number of piperazine rings is 1. The Morgan fingerprint density at radius 1 is 1.19 bits per heavy atom. The van der Waals surface area contributed by atoms with Crippen LogP contribution in [0.1, 0.15) is 37.7 Å². The predicted octanol–water partition coefficient (Wildman–Crippen LogP) is 1.45. The van der Waals surface area contributed by atoms with E-state index in [2.05, 4.69) is 17.0 Å². The van der Waals surface area contributed by atoms with E-state index in [4.69, 9.17) is 10.5 Å². The molecular formula is C18H32N6O2. The molecule has 0 bridgehead atoms. The summed E-state index contributed by atoms with van der Waals surface area (Å²) in [6, 6.07) is 0. The van der Waals surface area contributed by atoms with Crippen molar-refractivity contribution in [3.8, 4) is 0 Å². The van der Waals surface area contributed by atoms with E-state index >= 15 is 0 Å². The zero-order chi connectivity index (χ0) is 19.5. The van der Waals surface area contributed by atoms with Crippen LogP contribution in [-0.4, -0.2) is 70.0 Å². The lowest BCUT2D eigenvalue weighted by molar-refractivity contribution is 0.0186. The lowest BCUT2D eigenvalue weighted by Gasteiger charge is -2.36. The molecule has 1 saturated heterocycles. The molecule has 8 heteroatoms. The highest BCUT2D eigenvalue weighted by Gasteiger charge is 2.26. The minimum absolute atomic E-state index is 0.268. The lowest BCUT2D eigenvalue weighted by Crippen LogP contribution is -2.53. The number of aromatic nitrogens is 2. The fourth-order valence-electron chi connectivity index (χ4n) is 3.01. The standard InChI is InChI=1S/C18H32N6O2/c1-13-15(14(2)22(6)21-13)7-8-20-16(19)23-9-11-24(12-10-23)17(25)26-18(3,4)5/h7-12H2,1-6H3,(H2,19,20). The van der Waals surface area contributed by atoms with Crippen molar-refractivity contribution in [1.29, 1.82) is 0 Å². The molecule has 1 fully saturated rings. The summed E-state index contributed by atoms with van der Waals surface area (Å²) in [5, 5.41) is 4.43. The summed E-state index contributed by atoms with van der Waals surface area (Å²) in [5.41, 5.74) is 9.11. The zero-order valence-corrected chi connectivity index (χ0v) is 16.9. The quantitative estimate of drug-likeness (QED) is 0.648. The van der Waals surface area contributed by atoms with Gasteiger partial charge in [-0.1, -0.05) is 0 Å². The average Bonchev–Trinajstić information content (AvgIpc) is 2.79. The Hall–Kier alpha value is -2.25. The van der Waals surface area contributed by atoms with E-state index in [1.54, 1.807) is 4.90 Å². The Morgan fingerprint density at radius 2 is 1.77 bits per heavy atom. The van der Waals surface area contributed by atoms with Gasteiger partial charge in [0.25, 0.3) is 0 Å². The molecule has 2 heterocycles. The summed E-state index contributed by atoms with van der Waals surface area (Å²) in [5.74, 6) is 0.535. The van der Waals surface area contributed by atoms with Gasteiger partial charge in [0.1, 0.15) is 5.60 Å². The Bertz CT molecular complexity index is 666. The van der Waals surface area contributed by atoms with E-state index in [9.17, 15) is 4.79 Å². The van der Waals surface area contributed by atoms with Crippen molar-refractivity contribution in [3.63, 3.8) is 0 Å². The Labute approximate surface area is 156 Å². The highest BCUT2D eigenvalue weighted by atomic mass is 16.6. The molecule has 1 aliphatic rings. The molecule has 0 spiro atoms. The van der Waals surface area contributed by atoms with Crippen LogP contribution in [-0.2, 0) is 18.2 Å². The second-order valence-corrected chi connectivity index (χ2v) is 7.72. The number of guanidine groups is 1. The number of hydrogen-bond donors (Lipinski definition) is 1. The highest BCUT2D eigenvalue weighted by molar-refractivity contribution is 5.78. The van der Waals surface area contributed by atoms with Crippen LogP contribution >= 0.6 is 0 Å². The molecule has 2 rings (SSSR count). The SMILES string of the molecule is Cc1nn(C)c(C)c1CCN=C(N)N1CCN(C(=O)OC(C)(C)C)CC1. The minimum atomic E-state index is -0.475. The van der Waals surface area contributed by atoms with Gasteiger partial charge in [0, 0.05) is 45.5 Å². The third-order valence-electron chi connectivity index (χ3n) is 4.55. The first kappa shape index (κ1) is 20.1. The molecule has 1 aromatic rings. The molecule has 0 atom stereocenters. The van der Waals surface area contributed by atoms with Gasteiger partial charge in [0.05, 0.1) is 5.69 Å². The lowest BCUT2D eigenvalue weighted by atomic mass is 10.1. The molecular weight excluding hydrogens is 332 g/mol. The summed E-state index contributed by atoms with van der Waals surface area (Å²) in [6.45, 7) is 12.8. The molecule has 1 aliphatic heterocycles. The number of aliphatic imine (C=N–C) groups is 1. The number of nitrogens with two attached hydrogens (primary N) is 1. The van der Waals surface area contributed by atoms with E-state index in [0.29, 0.717) is 38.7 Å². The molecule has 0 radical (unpaired) electrons. The van der Waals surface area contributed by atoms with Crippen molar-refractivity contribution in [2.75, 3.05) is 32.7 Å². The third kappa shape index (κ3) is 5.12. The van der Waals surface area contributed by atoms with Crippen LogP contribution in [0.4, 0.5) is 4.79 Å². The van der Waals surface area contributed by atoms with E-state index in [0.717, 1.165) is 12.1 Å². The molecule has 0 saturated carbocycles. The summed E-state index contributed by atoms with van der Waals surface area (Å²) in [4.78, 5) is 20.4. The van der Waals surface area contributed by atoms with Gasteiger partial charge >= 0.3 is 6.09 Å². The number of aryl methyl sites for hydroxylation is 2. The molecule has 2 N–H and O–H groups in total. The Kier molecular flexibility index (Phi) is 6.15. The molecule has 0 aromatic carbocycles. The van der Waals surface area contributed by atoms with Crippen LogP contribution in [0.5, 0.6) is 0 Å². The Morgan fingerprint density at radius 3 is 2.27 bits per heavy atom. The number of ether oxygens (including phenoxy) is 1. The van der Waals surface area contributed by atoms with Gasteiger partial charge in [0.15, 0.2) is 5.96 Å². The zero-order valence-electron chi connectivity index (χ0n) is 16.9. The normalized spacial score (nSPS) is 16.2. The first-order chi connectivity index (χ1) is 12.1. The number of nitrogens with zero attached hydrogens (tertiary/aromatic N) is 5. The smallest absolute Gasteiger partial charge is 0.410 e. The minimum Gasteiger partial charge on any atom is -0.444 e. The fraction of sp³-hybridized carbons (Fsp3) is 0.722. The summed E-state index contributed by atoms with van der Waals surface area (Å²) in [6.07, 6.45) is 0.555. The van der Waals surface area contributed by atoms with Crippen LogP contribution in [0.15, 0.2) is 4.99 Å². The van der Waals surface area contributed by atoms with Crippen molar-refractivity contribution >= 4 is 12.1 Å². The van der Waals surface area contributed by atoms with Gasteiger partial charge in [-0.05, 0) is 46.6 Å². The maximum atomic E-state index is 12.1. The van der Waals surface area contributed by atoms with Crippen molar-refractivity contribution < 1.29 is 9.53 Å². The maximum absolute atomic E-state index is 12.1. The summed E-state index contributed by atoms with van der Waals surface area (Å²) in [7, 11) is 1.95. The van der Waals surface area contributed by atoms with Gasteiger partial charge in [-0.3, -0.25) is 9.67 Å². The molecule has 1 aromatic heterocycles. The monoisotopic (exact) mass is 364 g/mol. The predicted molar refractivity (Wildman–Crippen MR) is 102 cm³/mol. The van der Waals surface area contributed by atoms with Crippen LogP contribution in [0.25, 0.3) is 0 Å². The van der Waals surface area contributed by atoms with Gasteiger partial charge in [-0.15, -0.1) is 0 Å².